The van der Waals surface area contributed by atoms with E-state index in [0.717, 1.165) is 5.75 Å². The van der Waals surface area contributed by atoms with Crippen LogP contribution < -0.4 is 9.47 Å². The third-order valence-corrected chi connectivity index (χ3v) is 2.99. The van der Waals surface area contributed by atoms with Gasteiger partial charge in [-0.3, -0.25) is 4.79 Å². The van der Waals surface area contributed by atoms with E-state index in [2.05, 4.69) is 0 Å². The number of carbonyl (C=O) groups excluding carboxylic acids is 1. The molecular formula is C15H22O4. The second-order valence-electron chi connectivity index (χ2n) is 5.43. The molecule has 4 nitrogen and oxygen atoms in total. The van der Waals surface area contributed by atoms with Gasteiger partial charge in [0.25, 0.3) is 0 Å². The molecule has 0 aliphatic heterocycles. The quantitative estimate of drug-likeness (QED) is 0.769. The van der Waals surface area contributed by atoms with Gasteiger partial charge < -0.3 is 14.2 Å². The number of carbonyl (C=O) groups is 1. The van der Waals surface area contributed by atoms with E-state index in [0.29, 0.717) is 5.75 Å². The number of ether oxygens (including phenoxy) is 3. The Balaban J connectivity index is 2.73. The normalized spacial score (nSPS) is 12.7. The van der Waals surface area contributed by atoms with Gasteiger partial charge in [-0.2, -0.15) is 0 Å². The fourth-order valence-electron chi connectivity index (χ4n) is 1.68. The number of methoxy groups -OCH3 is 2. The van der Waals surface area contributed by atoms with E-state index in [4.69, 9.17) is 14.2 Å². The fourth-order valence-corrected chi connectivity index (χ4v) is 1.68. The zero-order valence-electron chi connectivity index (χ0n) is 12.2. The Labute approximate surface area is 114 Å². The highest BCUT2D eigenvalue weighted by molar-refractivity contribution is 5.73. The van der Waals surface area contributed by atoms with Crippen molar-refractivity contribution >= 4 is 5.97 Å². The first kappa shape index (κ1) is 15.3. The molecule has 4 heteroatoms. The van der Waals surface area contributed by atoms with Gasteiger partial charge in [-0.15, -0.1) is 0 Å². The molecule has 0 fully saturated rings. The Morgan fingerprint density at radius 3 is 2.37 bits per heavy atom. The van der Waals surface area contributed by atoms with Gasteiger partial charge in [0.05, 0.1) is 20.1 Å². The number of benzene rings is 1. The molecular weight excluding hydrogens is 244 g/mol. The molecule has 0 amide bonds. The maximum absolute atomic E-state index is 11.8. The minimum Gasteiger partial charge on any atom is -0.497 e. The van der Waals surface area contributed by atoms with Gasteiger partial charge in [0, 0.05) is 6.07 Å². The van der Waals surface area contributed by atoms with Crippen LogP contribution in [0.4, 0.5) is 0 Å². The highest BCUT2D eigenvalue weighted by Crippen LogP contribution is 2.28. The van der Waals surface area contributed by atoms with E-state index in [1.807, 2.05) is 39.0 Å². The van der Waals surface area contributed by atoms with Crippen LogP contribution in [0.3, 0.4) is 0 Å². The molecule has 0 aliphatic rings. The second-order valence-corrected chi connectivity index (χ2v) is 5.43. The molecule has 0 radical (unpaired) electrons. The van der Waals surface area contributed by atoms with E-state index in [1.165, 1.54) is 7.11 Å². The highest BCUT2D eigenvalue weighted by atomic mass is 16.5. The van der Waals surface area contributed by atoms with Crippen LogP contribution in [0.5, 0.6) is 11.5 Å². The fraction of sp³-hybridized carbons (Fsp3) is 0.533. The molecule has 1 rings (SSSR count). The van der Waals surface area contributed by atoms with Crippen LogP contribution in [0.1, 0.15) is 20.8 Å². The summed E-state index contributed by atoms with van der Waals surface area (Å²) in [7, 11) is 3.00. The van der Waals surface area contributed by atoms with Crippen LogP contribution in [0.2, 0.25) is 0 Å². The average Bonchev–Trinajstić information content (AvgIpc) is 2.37. The first-order valence-corrected chi connectivity index (χ1v) is 6.23. The Morgan fingerprint density at radius 1 is 1.21 bits per heavy atom. The van der Waals surface area contributed by atoms with Crippen molar-refractivity contribution in [3.8, 4) is 11.5 Å². The summed E-state index contributed by atoms with van der Waals surface area (Å²) in [5.74, 6) is 0.833. The Morgan fingerprint density at radius 2 is 1.84 bits per heavy atom. The summed E-state index contributed by atoms with van der Waals surface area (Å²) in [6.45, 7) is 6.25. The SMILES string of the molecule is COC(=O)C(COc1cccc(OC)c1)C(C)(C)C. The molecule has 1 atom stereocenters. The third kappa shape index (κ3) is 4.47. The first-order chi connectivity index (χ1) is 8.88. The van der Waals surface area contributed by atoms with Gasteiger partial charge in [0.15, 0.2) is 0 Å². The minimum atomic E-state index is -0.316. The van der Waals surface area contributed by atoms with Gasteiger partial charge in [0.1, 0.15) is 18.1 Å². The van der Waals surface area contributed by atoms with Gasteiger partial charge in [-0.1, -0.05) is 26.8 Å². The van der Waals surface area contributed by atoms with Crippen LogP contribution in [-0.2, 0) is 9.53 Å². The summed E-state index contributed by atoms with van der Waals surface area (Å²) < 4.78 is 15.6. The summed E-state index contributed by atoms with van der Waals surface area (Å²) in [5, 5.41) is 0. The predicted octanol–water partition coefficient (Wildman–Crippen LogP) is 2.91. The zero-order chi connectivity index (χ0) is 14.5. The van der Waals surface area contributed by atoms with Crippen molar-refractivity contribution in [2.45, 2.75) is 20.8 Å². The Kier molecular flexibility index (Phi) is 5.21. The van der Waals surface area contributed by atoms with E-state index >= 15 is 0 Å². The molecule has 0 N–H and O–H groups in total. The second kappa shape index (κ2) is 6.45. The summed E-state index contributed by atoms with van der Waals surface area (Å²) in [5.41, 5.74) is -0.216. The van der Waals surface area contributed by atoms with Gasteiger partial charge in [-0.25, -0.2) is 0 Å². The molecule has 1 aromatic carbocycles. The summed E-state index contributed by atoms with van der Waals surface area (Å²) in [6.07, 6.45) is 0. The number of rotatable bonds is 5. The lowest BCUT2D eigenvalue weighted by Crippen LogP contribution is -2.34. The monoisotopic (exact) mass is 266 g/mol. The van der Waals surface area contributed by atoms with Gasteiger partial charge in [0.2, 0.25) is 0 Å². The van der Waals surface area contributed by atoms with Crippen LogP contribution in [-0.4, -0.2) is 26.8 Å². The molecule has 0 aliphatic carbocycles. The van der Waals surface area contributed by atoms with Crippen molar-refractivity contribution < 1.29 is 19.0 Å². The highest BCUT2D eigenvalue weighted by Gasteiger charge is 2.32. The van der Waals surface area contributed by atoms with Crippen LogP contribution in [0.15, 0.2) is 24.3 Å². The smallest absolute Gasteiger partial charge is 0.312 e. The lowest BCUT2D eigenvalue weighted by molar-refractivity contribution is -0.150. The standard InChI is InChI=1S/C15H22O4/c1-15(2,3)13(14(16)18-5)10-19-12-8-6-7-11(9-12)17-4/h6-9,13H,10H2,1-5H3. The Bertz CT molecular complexity index is 420. The van der Waals surface area contributed by atoms with Gasteiger partial charge >= 0.3 is 5.97 Å². The molecule has 0 aromatic heterocycles. The average molecular weight is 266 g/mol. The topological polar surface area (TPSA) is 44.8 Å². The summed E-state index contributed by atoms with van der Waals surface area (Å²) >= 11 is 0. The molecule has 19 heavy (non-hydrogen) atoms. The molecule has 0 heterocycles. The van der Waals surface area contributed by atoms with Gasteiger partial charge in [-0.05, 0) is 17.5 Å². The van der Waals surface area contributed by atoms with Crippen molar-refractivity contribution in [3.63, 3.8) is 0 Å². The molecule has 106 valence electrons. The minimum absolute atomic E-state index is 0.216. The lowest BCUT2D eigenvalue weighted by Gasteiger charge is -2.28. The number of esters is 1. The van der Waals surface area contributed by atoms with Crippen molar-refractivity contribution in [2.24, 2.45) is 11.3 Å². The molecule has 1 unspecified atom stereocenters. The van der Waals surface area contributed by atoms with Crippen LogP contribution in [0.25, 0.3) is 0 Å². The molecule has 0 saturated carbocycles. The van der Waals surface area contributed by atoms with E-state index in [9.17, 15) is 4.79 Å². The number of hydrogen-bond donors (Lipinski definition) is 0. The first-order valence-electron chi connectivity index (χ1n) is 6.23. The van der Waals surface area contributed by atoms with Crippen molar-refractivity contribution in [2.75, 3.05) is 20.8 Å². The molecule has 0 bridgehead atoms. The maximum atomic E-state index is 11.8. The van der Waals surface area contributed by atoms with Crippen molar-refractivity contribution in [1.29, 1.82) is 0 Å². The molecule has 0 spiro atoms. The van der Waals surface area contributed by atoms with E-state index < -0.39 is 0 Å². The van der Waals surface area contributed by atoms with Crippen molar-refractivity contribution in [3.05, 3.63) is 24.3 Å². The third-order valence-electron chi connectivity index (χ3n) is 2.99. The van der Waals surface area contributed by atoms with Crippen molar-refractivity contribution in [1.82, 2.24) is 0 Å². The Hall–Kier alpha value is -1.71. The van der Waals surface area contributed by atoms with E-state index in [1.54, 1.807) is 13.2 Å². The zero-order valence-corrected chi connectivity index (χ0v) is 12.2. The largest absolute Gasteiger partial charge is 0.497 e. The lowest BCUT2D eigenvalue weighted by atomic mass is 9.81. The number of hydrogen-bond acceptors (Lipinski definition) is 4. The molecule has 1 aromatic rings. The van der Waals surface area contributed by atoms with Crippen LogP contribution in [0, 0.1) is 11.3 Å². The summed E-state index contributed by atoms with van der Waals surface area (Å²) in [6, 6.07) is 7.31. The molecule has 0 saturated heterocycles. The predicted molar refractivity (Wildman–Crippen MR) is 73.5 cm³/mol. The maximum Gasteiger partial charge on any atom is 0.312 e. The van der Waals surface area contributed by atoms with Crippen LogP contribution >= 0.6 is 0 Å². The summed E-state index contributed by atoms with van der Waals surface area (Å²) in [4.78, 5) is 11.8. The van der Waals surface area contributed by atoms with E-state index in [-0.39, 0.29) is 23.9 Å².